The highest BCUT2D eigenvalue weighted by Crippen LogP contribution is 2.33. The van der Waals surface area contributed by atoms with Crippen LogP contribution in [0.5, 0.6) is 11.5 Å². The van der Waals surface area contributed by atoms with Crippen LogP contribution in [0, 0.1) is 5.92 Å². The lowest BCUT2D eigenvalue weighted by Gasteiger charge is -2.36. The van der Waals surface area contributed by atoms with E-state index in [0.717, 1.165) is 43.6 Å². The predicted octanol–water partition coefficient (Wildman–Crippen LogP) is 3.09. The number of hydrogen-bond acceptors (Lipinski definition) is 4. The van der Waals surface area contributed by atoms with Crippen molar-refractivity contribution >= 4 is 0 Å². The summed E-state index contributed by atoms with van der Waals surface area (Å²) in [4.78, 5) is 2.59. The summed E-state index contributed by atoms with van der Waals surface area (Å²) in [6, 6.07) is 6.71. The van der Waals surface area contributed by atoms with Crippen molar-refractivity contribution in [3.05, 3.63) is 23.8 Å². The molecule has 0 saturated carbocycles. The lowest BCUT2D eigenvalue weighted by atomic mass is 9.95. The maximum atomic E-state index is 5.45. The van der Waals surface area contributed by atoms with Crippen molar-refractivity contribution in [1.82, 2.24) is 10.2 Å². The van der Waals surface area contributed by atoms with Gasteiger partial charge >= 0.3 is 0 Å². The Morgan fingerprint density at radius 3 is 2.09 bits per heavy atom. The van der Waals surface area contributed by atoms with Gasteiger partial charge in [0.2, 0.25) is 0 Å². The van der Waals surface area contributed by atoms with Crippen LogP contribution in [-0.2, 0) is 0 Å². The first-order valence-corrected chi connectivity index (χ1v) is 8.31. The third-order valence-electron chi connectivity index (χ3n) is 4.37. The second-order valence-electron chi connectivity index (χ2n) is 6.42. The Labute approximate surface area is 134 Å². The number of rotatable bonds is 7. The molecular formula is C18H30N2O2. The van der Waals surface area contributed by atoms with Gasteiger partial charge in [0, 0.05) is 38.3 Å². The zero-order valence-corrected chi connectivity index (χ0v) is 14.4. The second kappa shape index (κ2) is 8.39. The second-order valence-corrected chi connectivity index (χ2v) is 6.42. The fourth-order valence-electron chi connectivity index (χ4n) is 3.07. The molecule has 1 aliphatic heterocycles. The molecule has 0 spiro atoms. The van der Waals surface area contributed by atoms with Gasteiger partial charge in [0.1, 0.15) is 11.5 Å². The molecule has 22 heavy (non-hydrogen) atoms. The third kappa shape index (κ3) is 4.62. The molecule has 124 valence electrons. The van der Waals surface area contributed by atoms with E-state index in [-0.39, 0.29) is 0 Å². The van der Waals surface area contributed by atoms with Gasteiger partial charge in [0.05, 0.1) is 14.2 Å². The highest BCUT2D eigenvalue weighted by atomic mass is 16.5. The van der Waals surface area contributed by atoms with E-state index in [1.54, 1.807) is 14.2 Å². The normalized spacial score (nSPS) is 17.5. The van der Waals surface area contributed by atoms with E-state index in [2.05, 4.69) is 36.2 Å². The number of ether oxygens (including phenoxy) is 2. The average Bonchev–Trinajstić information content (AvgIpc) is 2.55. The molecule has 0 bridgehead atoms. The van der Waals surface area contributed by atoms with E-state index in [4.69, 9.17) is 9.47 Å². The molecule has 1 aliphatic rings. The fourth-order valence-corrected chi connectivity index (χ4v) is 3.07. The molecule has 4 heteroatoms. The van der Waals surface area contributed by atoms with Crippen molar-refractivity contribution < 1.29 is 9.47 Å². The lowest BCUT2D eigenvalue weighted by molar-refractivity contribution is 0.159. The molecule has 0 radical (unpaired) electrons. The number of piperazine rings is 1. The maximum absolute atomic E-state index is 5.45. The summed E-state index contributed by atoms with van der Waals surface area (Å²) in [6.07, 6.45) is 2.40. The molecule has 1 aromatic carbocycles. The summed E-state index contributed by atoms with van der Waals surface area (Å²) in [5, 5.41) is 3.44. The van der Waals surface area contributed by atoms with Gasteiger partial charge in [0.15, 0.2) is 0 Å². The van der Waals surface area contributed by atoms with E-state index < -0.39 is 0 Å². The maximum Gasteiger partial charge on any atom is 0.122 e. The highest BCUT2D eigenvalue weighted by Gasteiger charge is 2.23. The van der Waals surface area contributed by atoms with Crippen molar-refractivity contribution in [2.24, 2.45) is 5.92 Å². The van der Waals surface area contributed by atoms with Gasteiger partial charge in [-0.1, -0.05) is 13.8 Å². The molecule has 2 rings (SSSR count). The minimum atomic E-state index is 0.438. The molecule has 1 fully saturated rings. The summed E-state index contributed by atoms with van der Waals surface area (Å²) in [7, 11) is 3.43. The summed E-state index contributed by atoms with van der Waals surface area (Å²) < 4.78 is 10.9. The first-order chi connectivity index (χ1) is 10.6. The smallest absolute Gasteiger partial charge is 0.122 e. The average molecular weight is 306 g/mol. The Morgan fingerprint density at radius 2 is 1.59 bits per heavy atom. The Balaban J connectivity index is 2.25. The largest absolute Gasteiger partial charge is 0.497 e. The van der Waals surface area contributed by atoms with Crippen molar-refractivity contribution in [1.29, 1.82) is 0 Å². The monoisotopic (exact) mass is 306 g/mol. The Kier molecular flexibility index (Phi) is 6.52. The Hall–Kier alpha value is -1.26. The van der Waals surface area contributed by atoms with E-state index in [9.17, 15) is 0 Å². The number of benzene rings is 1. The summed E-state index contributed by atoms with van der Waals surface area (Å²) in [5.41, 5.74) is 1.30. The molecule has 0 aromatic heterocycles. The number of methoxy groups -OCH3 is 2. The molecule has 1 N–H and O–H groups in total. The highest BCUT2D eigenvalue weighted by molar-refractivity contribution is 5.40. The Morgan fingerprint density at radius 1 is 1.00 bits per heavy atom. The van der Waals surface area contributed by atoms with Gasteiger partial charge in [-0.3, -0.25) is 4.90 Å². The molecule has 1 heterocycles. The molecule has 1 saturated heterocycles. The molecule has 0 amide bonds. The Bertz CT molecular complexity index is 434. The van der Waals surface area contributed by atoms with Crippen molar-refractivity contribution in [3.63, 3.8) is 0 Å². The van der Waals surface area contributed by atoms with Crippen LogP contribution < -0.4 is 14.8 Å². The molecule has 4 nitrogen and oxygen atoms in total. The summed E-state index contributed by atoms with van der Waals surface area (Å²) in [5.74, 6) is 2.47. The van der Waals surface area contributed by atoms with Gasteiger partial charge in [-0.2, -0.15) is 0 Å². The van der Waals surface area contributed by atoms with Crippen LogP contribution in [0.4, 0.5) is 0 Å². The van der Waals surface area contributed by atoms with Crippen molar-refractivity contribution in [3.8, 4) is 11.5 Å². The molecule has 1 aromatic rings. The number of nitrogens with one attached hydrogen (secondary N) is 1. The molecule has 1 atom stereocenters. The number of nitrogens with zero attached hydrogens (tertiary/aromatic N) is 1. The summed E-state index contributed by atoms with van der Waals surface area (Å²) in [6.45, 7) is 8.92. The minimum Gasteiger partial charge on any atom is -0.497 e. The van der Waals surface area contributed by atoms with E-state index in [0.29, 0.717) is 6.04 Å². The minimum absolute atomic E-state index is 0.438. The zero-order chi connectivity index (χ0) is 15.9. The van der Waals surface area contributed by atoms with Gasteiger partial charge in [-0.05, 0) is 36.5 Å². The van der Waals surface area contributed by atoms with Crippen molar-refractivity contribution in [2.45, 2.75) is 32.7 Å². The SMILES string of the molecule is COc1cc(OC)cc([C@H](CCC(C)C)N2CCNCC2)c1. The molecular weight excluding hydrogens is 276 g/mol. The molecule has 0 aliphatic carbocycles. The van der Waals surface area contributed by atoms with Crippen LogP contribution in [0.15, 0.2) is 18.2 Å². The molecule has 0 unspecified atom stereocenters. The van der Waals surface area contributed by atoms with Crippen LogP contribution in [-0.4, -0.2) is 45.3 Å². The van der Waals surface area contributed by atoms with Gasteiger partial charge in [-0.15, -0.1) is 0 Å². The van der Waals surface area contributed by atoms with Crippen LogP contribution in [0.3, 0.4) is 0 Å². The van der Waals surface area contributed by atoms with Gasteiger partial charge < -0.3 is 14.8 Å². The topological polar surface area (TPSA) is 33.7 Å². The first kappa shape index (κ1) is 17.1. The van der Waals surface area contributed by atoms with E-state index in [1.807, 2.05) is 6.07 Å². The van der Waals surface area contributed by atoms with Crippen LogP contribution in [0.2, 0.25) is 0 Å². The summed E-state index contributed by atoms with van der Waals surface area (Å²) >= 11 is 0. The van der Waals surface area contributed by atoms with E-state index in [1.165, 1.54) is 18.4 Å². The van der Waals surface area contributed by atoms with Crippen LogP contribution in [0.25, 0.3) is 0 Å². The van der Waals surface area contributed by atoms with Gasteiger partial charge in [0.25, 0.3) is 0 Å². The van der Waals surface area contributed by atoms with Crippen molar-refractivity contribution in [2.75, 3.05) is 40.4 Å². The first-order valence-electron chi connectivity index (χ1n) is 8.31. The van der Waals surface area contributed by atoms with Gasteiger partial charge in [-0.25, -0.2) is 0 Å². The predicted molar refractivity (Wildman–Crippen MR) is 90.8 cm³/mol. The van der Waals surface area contributed by atoms with E-state index >= 15 is 0 Å². The zero-order valence-electron chi connectivity index (χ0n) is 14.4. The standard InChI is InChI=1S/C18H30N2O2/c1-14(2)5-6-18(20-9-7-19-8-10-20)15-11-16(21-3)13-17(12-15)22-4/h11-14,18-19H,5-10H2,1-4H3/t18-/m0/s1. The number of hydrogen-bond donors (Lipinski definition) is 1. The fraction of sp³-hybridized carbons (Fsp3) is 0.667. The quantitative estimate of drug-likeness (QED) is 0.839. The third-order valence-corrected chi connectivity index (χ3v) is 4.37. The lowest BCUT2D eigenvalue weighted by Crippen LogP contribution is -2.45. The van der Waals surface area contributed by atoms with Crippen LogP contribution in [0.1, 0.15) is 38.3 Å². The van der Waals surface area contributed by atoms with Crippen LogP contribution >= 0.6 is 0 Å².